The smallest absolute Gasteiger partial charge is 0.325 e. The Labute approximate surface area is 205 Å². The molecule has 0 atom stereocenters. The van der Waals surface area contributed by atoms with Crippen molar-refractivity contribution >= 4 is 33.9 Å². The molecule has 0 aliphatic rings. The average molecular weight is 507 g/mol. The van der Waals surface area contributed by atoms with Crippen molar-refractivity contribution in [2.75, 3.05) is 0 Å². The molecule has 35 heavy (non-hydrogen) atoms. The molecular formula is C22H31ClN8O4. The van der Waals surface area contributed by atoms with E-state index < -0.39 is 11.2 Å². The van der Waals surface area contributed by atoms with Crippen LogP contribution in [0.15, 0.2) is 25.5 Å². The van der Waals surface area contributed by atoms with Crippen molar-refractivity contribution in [1.29, 1.82) is 0 Å². The number of hydrogen-bond acceptors (Lipinski definition) is 6. The Morgan fingerprint density at radius 2 is 1.31 bits per heavy atom. The highest BCUT2D eigenvalue weighted by atomic mass is 35.5. The summed E-state index contributed by atoms with van der Waals surface area (Å²) in [6, 6.07) is 0. The largest absolute Gasteiger partial charge is 0.330 e. The topological polar surface area (TPSA) is 145 Å². The van der Waals surface area contributed by atoms with Crippen molar-refractivity contribution in [3.63, 3.8) is 0 Å². The fourth-order valence-corrected chi connectivity index (χ4v) is 4.13. The van der Waals surface area contributed by atoms with Crippen LogP contribution in [0.2, 0.25) is 5.28 Å². The molecule has 0 saturated carbocycles. The van der Waals surface area contributed by atoms with E-state index >= 15 is 0 Å². The molecule has 0 fully saturated rings. The van der Waals surface area contributed by atoms with E-state index in [1.165, 1.54) is 9.13 Å². The summed E-state index contributed by atoms with van der Waals surface area (Å²) in [5, 5.41) is 0.230. The lowest BCUT2D eigenvalue weighted by molar-refractivity contribution is 0.613. The van der Waals surface area contributed by atoms with Crippen molar-refractivity contribution < 1.29 is 0 Å². The quantitative estimate of drug-likeness (QED) is 0.350. The van der Waals surface area contributed by atoms with Gasteiger partial charge in [0.1, 0.15) is 0 Å². The molecule has 0 aromatic carbocycles. The second-order valence-electron chi connectivity index (χ2n) is 8.03. The minimum Gasteiger partial charge on any atom is -0.325 e. The molecule has 0 aliphatic heterocycles. The molecule has 190 valence electrons. The van der Waals surface area contributed by atoms with Crippen molar-refractivity contribution in [1.82, 2.24) is 38.2 Å². The third-order valence-corrected chi connectivity index (χ3v) is 6.01. The third-order valence-electron chi connectivity index (χ3n) is 5.72. The van der Waals surface area contributed by atoms with Crippen molar-refractivity contribution in [2.45, 2.75) is 79.6 Å². The molecule has 12 nitrogen and oxygen atoms in total. The van der Waals surface area contributed by atoms with Gasteiger partial charge in [0.15, 0.2) is 22.3 Å². The minimum absolute atomic E-state index is 0.230. The number of H-pyrrole nitrogens is 2. The van der Waals surface area contributed by atoms with Gasteiger partial charge in [0.05, 0.1) is 6.33 Å². The summed E-state index contributed by atoms with van der Waals surface area (Å²) in [4.78, 5) is 60.0. The number of aromatic nitrogens is 8. The Morgan fingerprint density at radius 1 is 0.771 bits per heavy atom. The number of halogens is 1. The van der Waals surface area contributed by atoms with E-state index in [0.717, 1.165) is 25.7 Å². The van der Waals surface area contributed by atoms with Gasteiger partial charge in [-0.25, -0.2) is 14.6 Å². The van der Waals surface area contributed by atoms with Gasteiger partial charge in [0, 0.05) is 26.2 Å². The second kappa shape index (κ2) is 11.3. The molecule has 0 amide bonds. The van der Waals surface area contributed by atoms with E-state index in [0.29, 0.717) is 48.5 Å². The highest BCUT2D eigenvalue weighted by Crippen LogP contribution is 2.15. The Bertz CT molecular complexity index is 1550. The molecule has 0 bridgehead atoms. The van der Waals surface area contributed by atoms with Gasteiger partial charge in [-0.3, -0.25) is 28.7 Å². The molecule has 13 heteroatoms. The third kappa shape index (κ3) is 5.16. The number of nitrogens with one attached hydrogen (secondary N) is 2. The summed E-state index contributed by atoms with van der Waals surface area (Å²) >= 11 is 5.98. The maximum atomic E-state index is 11.8. The lowest BCUT2D eigenvalue weighted by atomic mass is 10.3. The van der Waals surface area contributed by atoms with E-state index in [2.05, 4.69) is 26.9 Å². The van der Waals surface area contributed by atoms with Crippen LogP contribution in [0.5, 0.6) is 0 Å². The molecule has 0 saturated heterocycles. The van der Waals surface area contributed by atoms with Gasteiger partial charge in [0.2, 0.25) is 5.28 Å². The first-order valence-corrected chi connectivity index (χ1v) is 12.2. The van der Waals surface area contributed by atoms with Crippen LogP contribution in [0.1, 0.15) is 53.4 Å². The molecule has 0 spiro atoms. The van der Waals surface area contributed by atoms with Gasteiger partial charge in [-0.15, -0.1) is 0 Å². The molecule has 0 unspecified atom stereocenters. The highest BCUT2D eigenvalue weighted by Gasteiger charge is 2.16. The summed E-state index contributed by atoms with van der Waals surface area (Å²) in [7, 11) is 0. The first-order valence-electron chi connectivity index (χ1n) is 11.9. The number of aromatic amines is 2. The fraction of sp³-hybridized carbons (Fsp3) is 0.545. The van der Waals surface area contributed by atoms with E-state index in [9.17, 15) is 19.2 Å². The van der Waals surface area contributed by atoms with Gasteiger partial charge in [-0.2, -0.15) is 4.98 Å². The van der Waals surface area contributed by atoms with Crippen molar-refractivity contribution in [3.8, 4) is 0 Å². The molecule has 4 aromatic heterocycles. The zero-order chi connectivity index (χ0) is 25.7. The standard InChI is InChI=1S/C11H15ClN4O2.C11H16N4O2/c1-3-5-6-16-8-7(9(17)14-11(16)18)15(4-2)10(12)13-8;1-3-5-6-15-9-8(10(16)13-11(15)17)14(4-2)7-12-9/h3-6H2,1-2H3,(H,14,17,18);7H,3-6H2,1-2H3,(H,13,16,17). The van der Waals surface area contributed by atoms with Gasteiger partial charge in [-0.1, -0.05) is 26.7 Å². The normalized spacial score (nSPS) is 11.2. The van der Waals surface area contributed by atoms with Crippen molar-refractivity contribution in [2.24, 2.45) is 0 Å². The monoisotopic (exact) mass is 506 g/mol. The summed E-state index contributed by atoms with van der Waals surface area (Å²) in [5.41, 5.74) is 0.0660. The first kappa shape index (κ1) is 26.2. The number of unbranched alkanes of at least 4 members (excludes halogenated alkanes) is 2. The van der Waals surface area contributed by atoms with E-state index in [-0.39, 0.29) is 16.5 Å². The molecule has 4 heterocycles. The maximum absolute atomic E-state index is 11.8. The first-order chi connectivity index (χ1) is 16.8. The summed E-state index contributed by atoms with van der Waals surface area (Å²) in [5.74, 6) is 0. The highest BCUT2D eigenvalue weighted by molar-refractivity contribution is 6.29. The number of hydrogen-bond donors (Lipinski definition) is 2. The molecule has 0 radical (unpaired) electrons. The number of nitrogens with zero attached hydrogens (tertiary/aromatic N) is 6. The van der Waals surface area contributed by atoms with Crippen LogP contribution in [0.3, 0.4) is 0 Å². The molecule has 4 aromatic rings. The predicted octanol–water partition coefficient (Wildman–Crippen LogP) is 2.07. The van der Waals surface area contributed by atoms with Crippen LogP contribution < -0.4 is 22.5 Å². The fourth-order valence-electron chi connectivity index (χ4n) is 3.84. The summed E-state index contributed by atoms with van der Waals surface area (Å²) in [6.45, 7) is 10.2. The summed E-state index contributed by atoms with van der Waals surface area (Å²) < 4.78 is 6.35. The van der Waals surface area contributed by atoms with Gasteiger partial charge < -0.3 is 9.13 Å². The Hall–Kier alpha value is -3.41. The average Bonchev–Trinajstić information content (AvgIpc) is 3.40. The predicted molar refractivity (Wildman–Crippen MR) is 135 cm³/mol. The lowest BCUT2D eigenvalue weighted by Gasteiger charge is -2.05. The molecule has 4 rings (SSSR count). The van der Waals surface area contributed by atoms with Crippen LogP contribution in [0, 0.1) is 0 Å². The Morgan fingerprint density at radius 3 is 1.83 bits per heavy atom. The van der Waals surface area contributed by atoms with Crippen LogP contribution in [0.4, 0.5) is 0 Å². The Balaban J connectivity index is 0.000000196. The number of rotatable bonds is 8. The van der Waals surface area contributed by atoms with Gasteiger partial charge in [-0.05, 0) is 38.3 Å². The minimum atomic E-state index is -0.441. The van der Waals surface area contributed by atoms with Crippen LogP contribution in [-0.2, 0) is 26.2 Å². The zero-order valence-electron chi connectivity index (χ0n) is 20.4. The van der Waals surface area contributed by atoms with E-state index in [4.69, 9.17) is 11.6 Å². The molecule has 0 aliphatic carbocycles. The molecule has 2 N–H and O–H groups in total. The number of aryl methyl sites for hydroxylation is 4. The van der Waals surface area contributed by atoms with Gasteiger partial charge >= 0.3 is 11.4 Å². The van der Waals surface area contributed by atoms with Crippen LogP contribution in [-0.4, -0.2) is 38.2 Å². The SMILES string of the molecule is CCCCn1c(=O)[nH]c(=O)c2c1nc(Cl)n2CC.CCCCn1c(=O)[nH]c(=O)c2c1ncn2CC. The number of fused-ring (bicyclic) bond motifs is 2. The van der Waals surface area contributed by atoms with E-state index in [1.807, 2.05) is 20.8 Å². The lowest BCUT2D eigenvalue weighted by Crippen LogP contribution is -2.31. The second-order valence-corrected chi connectivity index (χ2v) is 8.37. The van der Waals surface area contributed by atoms with Gasteiger partial charge in [0.25, 0.3) is 11.1 Å². The maximum Gasteiger partial charge on any atom is 0.330 e. The van der Waals surface area contributed by atoms with Crippen molar-refractivity contribution in [3.05, 3.63) is 53.3 Å². The van der Waals surface area contributed by atoms with Crippen LogP contribution in [0.25, 0.3) is 22.3 Å². The zero-order valence-corrected chi connectivity index (χ0v) is 21.2. The van der Waals surface area contributed by atoms with Crippen LogP contribution >= 0.6 is 11.6 Å². The van der Waals surface area contributed by atoms with E-state index in [1.54, 1.807) is 15.5 Å². The summed E-state index contributed by atoms with van der Waals surface area (Å²) in [6.07, 6.45) is 5.27. The molecular weight excluding hydrogens is 476 g/mol. The number of imidazole rings is 2. The Kier molecular flexibility index (Phi) is 8.49.